The summed E-state index contributed by atoms with van der Waals surface area (Å²) >= 11 is 11.7. The van der Waals surface area contributed by atoms with Crippen molar-refractivity contribution in [2.24, 2.45) is 0 Å². The van der Waals surface area contributed by atoms with E-state index in [-0.39, 0.29) is 17.4 Å². The fourth-order valence-electron chi connectivity index (χ4n) is 1.49. The van der Waals surface area contributed by atoms with Gasteiger partial charge in [0.25, 0.3) is 0 Å². The minimum absolute atomic E-state index is 0.269. The molecule has 1 aliphatic rings. The van der Waals surface area contributed by atoms with Crippen LogP contribution in [0.15, 0.2) is 18.2 Å². The Morgan fingerprint density at radius 3 is 2.62 bits per heavy atom. The Labute approximate surface area is 102 Å². The van der Waals surface area contributed by atoms with Crippen molar-refractivity contribution in [3.63, 3.8) is 0 Å². The normalized spacial score (nSPS) is 16.2. The lowest BCUT2D eigenvalue weighted by molar-refractivity contribution is -0.118. The van der Waals surface area contributed by atoms with Crippen LogP contribution in [0.25, 0.3) is 0 Å². The molecule has 6 heteroatoms. The van der Waals surface area contributed by atoms with Crippen molar-refractivity contribution < 1.29 is 9.59 Å². The third kappa shape index (κ3) is 1.99. The number of carbonyl (C=O) groups excluding carboxylic acids is 2. The van der Waals surface area contributed by atoms with Gasteiger partial charge < -0.3 is 5.32 Å². The number of carbonyl (C=O) groups is 2. The van der Waals surface area contributed by atoms with E-state index in [9.17, 15) is 9.59 Å². The highest BCUT2D eigenvalue weighted by molar-refractivity contribution is 6.37. The second kappa shape index (κ2) is 4.31. The predicted molar refractivity (Wildman–Crippen MR) is 62.0 cm³/mol. The van der Waals surface area contributed by atoms with Gasteiger partial charge in [-0.05, 0) is 18.2 Å². The predicted octanol–water partition coefficient (Wildman–Crippen LogP) is 2.44. The molecule has 16 heavy (non-hydrogen) atoms. The molecule has 0 aliphatic carbocycles. The van der Waals surface area contributed by atoms with Crippen molar-refractivity contribution in [1.29, 1.82) is 0 Å². The van der Waals surface area contributed by atoms with Gasteiger partial charge >= 0.3 is 6.03 Å². The van der Waals surface area contributed by atoms with Crippen LogP contribution in [0.5, 0.6) is 0 Å². The number of urea groups is 1. The zero-order chi connectivity index (χ0) is 11.7. The van der Waals surface area contributed by atoms with Gasteiger partial charge in [0.05, 0.1) is 10.7 Å². The fraction of sp³-hybridized carbons (Fsp3) is 0.200. The molecule has 1 aliphatic heterocycles. The van der Waals surface area contributed by atoms with Crippen LogP contribution in [0.2, 0.25) is 10.0 Å². The zero-order valence-electron chi connectivity index (χ0n) is 8.17. The van der Waals surface area contributed by atoms with Crippen LogP contribution < -0.4 is 10.2 Å². The first-order valence-electron chi connectivity index (χ1n) is 4.65. The second-order valence-electron chi connectivity index (χ2n) is 3.31. The van der Waals surface area contributed by atoms with E-state index in [0.29, 0.717) is 17.3 Å². The van der Waals surface area contributed by atoms with E-state index in [1.165, 1.54) is 6.07 Å². The van der Waals surface area contributed by atoms with Gasteiger partial charge in [-0.15, -0.1) is 0 Å². The van der Waals surface area contributed by atoms with Gasteiger partial charge in [-0.1, -0.05) is 23.2 Å². The lowest BCUT2D eigenvalue weighted by atomic mass is 10.2. The molecule has 0 atom stereocenters. The summed E-state index contributed by atoms with van der Waals surface area (Å²) in [6.45, 7) is 0.360. The lowest BCUT2D eigenvalue weighted by Crippen LogP contribution is -2.50. The van der Waals surface area contributed by atoms with Crippen molar-refractivity contribution in [1.82, 2.24) is 5.32 Å². The van der Waals surface area contributed by atoms with Crippen molar-refractivity contribution in [2.45, 2.75) is 6.42 Å². The lowest BCUT2D eigenvalue weighted by Gasteiger charge is -2.26. The monoisotopic (exact) mass is 258 g/mol. The number of nitrogens with zero attached hydrogens (tertiary/aromatic N) is 1. The highest BCUT2D eigenvalue weighted by Gasteiger charge is 2.28. The maximum absolute atomic E-state index is 11.6. The Balaban J connectivity index is 2.42. The van der Waals surface area contributed by atoms with E-state index in [4.69, 9.17) is 23.2 Å². The number of hydrogen-bond acceptors (Lipinski definition) is 2. The van der Waals surface area contributed by atoms with E-state index in [1.54, 1.807) is 12.1 Å². The first-order valence-corrected chi connectivity index (χ1v) is 5.41. The Hall–Kier alpha value is -1.26. The molecule has 1 saturated heterocycles. The maximum Gasteiger partial charge on any atom is 0.328 e. The summed E-state index contributed by atoms with van der Waals surface area (Å²) in [6, 6.07) is 4.17. The molecular formula is C10H8Cl2N2O2. The Morgan fingerprint density at radius 2 is 2.00 bits per heavy atom. The van der Waals surface area contributed by atoms with Gasteiger partial charge in [0.15, 0.2) is 0 Å². The van der Waals surface area contributed by atoms with Crippen molar-refractivity contribution in [3.8, 4) is 0 Å². The Morgan fingerprint density at radius 1 is 1.25 bits per heavy atom. The molecule has 1 N–H and O–H groups in total. The van der Waals surface area contributed by atoms with Crippen molar-refractivity contribution in [3.05, 3.63) is 28.2 Å². The average molecular weight is 259 g/mol. The molecular weight excluding hydrogens is 251 g/mol. The standard InChI is InChI=1S/C10H8Cl2N2O2/c11-6-1-2-8(7(12)5-6)14-9(15)3-4-13-10(14)16/h1-2,5H,3-4H2,(H,13,16). The smallest absolute Gasteiger partial charge is 0.328 e. The summed E-state index contributed by atoms with van der Waals surface area (Å²) in [6.07, 6.45) is 0.269. The molecule has 0 unspecified atom stereocenters. The van der Waals surface area contributed by atoms with Gasteiger partial charge in [0.1, 0.15) is 0 Å². The number of halogens is 2. The summed E-state index contributed by atoms with van der Waals surface area (Å²) in [5.74, 6) is -0.270. The molecule has 84 valence electrons. The van der Waals surface area contributed by atoms with Crippen molar-refractivity contribution in [2.75, 3.05) is 11.4 Å². The number of amides is 3. The molecule has 1 aromatic rings. The molecule has 0 bridgehead atoms. The van der Waals surface area contributed by atoms with Gasteiger partial charge in [-0.3, -0.25) is 4.79 Å². The van der Waals surface area contributed by atoms with E-state index >= 15 is 0 Å². The van der Waals surface area contributed by atoms with Crippen molar-refractivity contribution >= 4 is 40.8 Å². The zero-order valence-corrected chi connectivity index (χ0v) is 9.68. The van der Waals surface area contributed by atoms with E-state index in [0.717, 1.165) is 4.90 Å². The Bertz CT molecular complexity index is 446. The fourth-order valence-corrected chi connectivity index (χ4v) is 1.98. The summed E-state index contributed by atoms with van der Waals surface area (Å²) in [7, 11) is 0. The minimum Gasteiger partial charge on any atom is -0.337 e. The molecule has 0 aromatic heterocycles. The van der Waals surface area contributed by atoms with Crippen LogP contribution in [0.3, 0.4) is 0 Å². The number of nitrogens with one attached hydrogen (secondary N) is 1. The second-order valence-corrected chi connectivity index (χ2v) is 4.15. The van der Waals surface area contributed by atoms with E-state index < -0.39 is 6.03 Å². The summed E-state index contributed by atoms with van der Waals surface area (Å²) in [4.78, 5) is 24.2. The SMILES string of the molecule is O=C1CCNC(=O)N1c1ccc(Cl)cc1Cl. The molecule has 2 rings (SSSR count). The van der Waals surface area contributed by atoms with Crippen LogP contribution in [0.1, 0.15) is 6.42 Å². The number of imide groups is 1. The number of anilines is 1. The minimum atomic E-state index is -0.458. The maximum atomic E-state index is 11.6. The first kappa shape index (κ1) is 11.2. The summed E-state index contributed by atoms with van der Waals surface area (Å²) in [5, 5.41) is 3.31. The van der Waals surface area contributed by atoms with Crippen LogP contribution in [-0.4, -0.2) is 18.5 Å². The number of benzene rings is 1. The quantitative estimate of drug-likeness (QED) is 0.842. The van der Waals surface area contributed by atoms with Gasteiger partial charge in [-0.25, -0.2) is 9.69 Å². The molecule has 0 spiro atoms. The highest BCUT2D eigenvalue weighted by atomic mass is 35.5. The van der Waals surface area contributed by atoms with Crippen LogP contribution >= 0.6 is 23.2 Å². The topological polar surface area (TPSA) is 49.4 Å². The number of hydrogen-bond donors (Lipinski definition) is 1. The largest absolute Gasteiger partial charge is 0.337 e. The van der Waals surface area contributed by atoms with Gasteiger partial charge in [0, 0.05) is 18.0 Å². The van der Waals surface area contributed by atoms with Gasteiger partial charge in [0.2, 0.25) is 5.91 Å². The highest BCUT2D eigenvalue weighted by Crippen LogP contribution is 2.29. The third-order valence-electron chi connectivity index (χ3n) is 2.22. The molecule has 0 saturated carbocycles. The van der Waals surface area contributed by atoms with E-state index in [2.05, 4.69) is 5.32 Å². The average Bonchev–Trinajstić information content (AvgIpc) is 2.20. The first-order chi connectivity index (χ1) is 7.59. The number of rotatable bonds is 1. The molecule has 0 radical (unpaired) electrons. The van der Waals surface area contributed by atoms with Crippen LogP contribution in [-0.2, 0) is 4.79 Å². The third-order valence-corrected chi connectivity index (χ3v) is 2.76. The summed E-state index contributed by atoms with van der Waals surface area (Å²) < 4.78 is 0. The molecule has 4 nitrogen and oxygen atoms in total. The van der Waals surface area contributed by atoms with E-state index in [1.807, 2.05) is 0 Å². The molecule has 1 fully saturated rings. The molecule has 1 aromatic carbocycles. The summed E-state index contributed by atoms with van der Waals surface area (Å²) in [5.41, 5.74) is 0.355. The Kier molecular flexibility index (Phi) is 3.03. The van der Waals surface area contributed by atoms with Crippen LogP contribution in [0, 0.1) is 0 Å². The van der Waals surface area contributed by atoms with Crippen LogP contribution in [0.4, 0.5) is 10.5 Å². The van der Waals surface area contributed by atoms with Gasteiger partial charge in [-0.2, -0.15) is 0 Å². The molecule has 1 heterocycles. The molecule has 3 amide bonds.